The molecular weight excluding hydrogens is 140 g/mol. The number of halogens is 1. The van der Waals surface area contributed by atoms with E-state index in [1.807, 2.05) is 7.05 Å². The molecule has 0 bridgehead atoms. The Bertz CT molecular complexity index is 97.0. The minimum atomic E-state index is 0. The molecule has 0 aliphatic carbocycles. The Morgan fingerprint density at radius 3 is 2.22 bits per heavy atom. The van der Waals surface area contributed by atoms with Crippen molar-refractivity contribution in [1.82, 2.24) is 11.1 Å². The lowest BCUT2D eigenvalue weighted by Gasteiger charge is -2.03. The van der Waals surface area contributed by atoms with E-state index in [0.717, 1.165) is 19.4 Å². The molecule has 0 atom stereocenters. The molecule has 1 heterocycles. The average molecular weight is 153 g/mol. The van der Waals surface area contributed by atoms with Crippen LogP contribution in [0.3, 0.4) is 0 Å². The van der Waals surface area contributed by atoms with Gasteiger partial charge in [0.1, 0.15) is 0 Å². The van der Waals surface area contributed by atoms with Crippen molar-refractivity contribution >= 4 is 18.3 Å². The molecule has 1 aliphatic heterocycles. The zero-order chi connectivity index (χ0) is 5.28. The molecule has 56 valence electrons. The lowest BCUT2D eigenvalue weighted by Crippen LogP contribution is -2.17. The summed E-state index contributed by atoms with van der Waals surface area (Å²) >= 11 is 0. The molecule has 0 saturated carbocycles. The van der Waals surface area contributed by atoms with Crippen LogP contribution in [0.15, 0.2) is 0 Å². The second-order valence-corrected chi connectivity index (χ2v) is 1.92. The Morgan fingerprint density at radius 1 is 1.56 bits per heavy atom. The van der Waals surface area contributed by atoms with E-state index in [2.05, 4.69) is 0 Å². The van der Waals surface area contributed by atoms with Crippen molar-refractivity contribution in [3.8, 4) is 0 Å². The van der Waals surface area contributed by atoms with E-state index in [4.69, 9.17) is 0 Å². The zero-order valence-electron chi connectivity index (χ0n) is 5.59. The second kappa shape index (κ2) is 4.58. The van der Waals surface area contributed by atoms with Gasteiger partial charge in [0.05, 0.1) is 0 Å². The second-order valence-electron chi connectivity index (χ2n) is 1.92. The predicted octanol–water partition coefficient (Wildman–Crippen LogP) is 0.822. The van der Waals surface area contributed by atoms with Crippen molar-refractivity contribution in [3.05, 3.63) is 0 Å². The maximum atomic E-state index is 10.5. The number of rotatable bonds is 0. The van der Waals surface area contributed by atoms with Crippen molar-refractivity contribution < 1.29 is 4.79 Å². The fourth-order valence-electron chi connectivity index (χ4n) is 0.783. The van der Waals surface area contributed by atoms with E-state index in [9.17, 15) is 4.79 Å². The van der Waals surface area contributed by atoms with Crippen LogP contribution in [0, 0.1) is 0 Å². The van der Waals surface area contributed by atoms with Crippen molar-refractivity contribution in [2.75, 3.05) is 13.6 Å². The molecule has 1 saturated heterocycles. The Kier molecular flexibility index (Phi) is 5.86. The summed E-state index contributed by atoms with van der Waals surface area (Å²) in [6.07, 6.45) is 1.81. The van der Waals surface area contributed by atoms with Crippen LogP contribution < -0.4 is 6.15 Å². The maximum absolute atomic E-state index is 10.5. The van der Waals surface area contributed by atoms with Crippen molar-refractivity contribution in [2.24, 2.45) is 0 Å². The summed E-state index contributed by atoms with van der Waals surface area (Å²) in [5.41, 5.74) is 0. The molecule has 9 heavy (non-hydrogen) atoms. The molecule has 3 N–H and O–H groups in total. The predicted molar refractivity (Wildman–Crippen MR) is 39.1 cm³/mol. The van der Waals surface area contributed by atoms with E-state index in [1.54, 1.807) is 4.90 Å². The van der Waals surface area contributed by atoms with Crippen LogP contribution in [-0.2, 0) is 4.79 Å². The number of amides is 1. The highest BCUT2D eigenvalue weighted by atomic mass is 35.5. The Balaban J connectivity index is 0. The van der Waals surface area contributed by atoms with Gasteiger partial charge in [-0.1, -0.05) is 0 Å². The first-order chi connectivity index (χ1) is 3.30. The van der Waals surface area contributed by atoms with Crippen LogP contribution >= 0.6 is 12.4 Å². The molecule has 0 aromatic rings. The molecule has 3 nitrogen and oxygen atoms in total. The number of nitrogens with zero attached hydrogens (tertiary/aromatic N) is 1. The molecule has 0 aromatic heterocycles. The van der Waals surface area contributed by atoms with Gasteiger partial charge in [-0.15, -0.1) is 12.4 Å². The van der Waals surface area contributed by atoms with Gasteiger partial charge < -0.3 is 11.1 Å². The number of hydrogen-bond donors (Lipinski definition) is 1. The van der Waals surface area contributed by atoms with Crippen molar-refractivity contribution in [2.45, 2.75) is 12.8 Å². The molecular formula is C5H13ClN2O. The lowest BCUT2D eigenvalue weighted by atomic mass is 10.4. The third kappa shape index (κ3) is 2.67. The van der Waals surface area contributed by atoms with Gasteiger partial charge in [-0.05, 0) is 6.42 Å². The summed E-state index contributed by atoms with van der Waals surface area (Å²) in [7, 11) is 1.84. The largest absolute Gasteiger partial charge is 0.346 e. The Hall–Kier alpha value is -0.280. The standard InChI is InChI=1S/C5H9NO.ClH.H3N/c1-6-4-2-3-5(6)7;;/h2-4H2,1H3;1H;1H3. The molecule has 1 fully saturated rings. The summed E-state index contributed by atoms with van der Waals surface area (Å²) in [5.74, 6) is 0.292. The highest BCUT2D eigenvalue weighted by molar-refractivity contribution is 5.85. The highest BCUT2D eigenvalue weighted by Crippen LogP contribution is 2.04. The van der Waals surface area contributed by atoms with Crippen LogP contribution in [0.25, 0.3) is 0 Å². The third-order valence-electron chi connectivity index (χ3n) is 1.31. The van der Waals surface area contributed by atoms with Gasteiger partial charge in [-0.3, -0.25) is 4.79 Å². The van der Waals surface area contributed by atoms with Gasteiger partial charge in [0.2, 0.25) is 5.91 Å². The van der Waals surface area contributed by atoms with Gasteiger partial charge in [-0.2, -0.15) is 0 Å². The van der Waals surface area contributed by atoms with E-state index in [1.165, 1.54) is 0 Å². The number of likely N-dealkylation sites (tertiary alicyclic amines) is 1. The molecule has 0 radical (unpaired) electrons. The smallest absolute Gasteiger partial charge is 0.222 e. The van der Waals surface area contributed by atoms with Gasteiger partial charge in [-0.25, -0.2) is 0 Å². The normalized spacial score (nSPS) is 16.6. The van der Waals surface area contributed by atoms with Gasteiger partial charge in [0, 0.05) is 20.0 Å². The SMILES string of the molecule is CN1CCCC1=O.Cl.N. The highest BCUT2D eigenvalue weighted by Gasteiger charge is 2.14. The number of hydrogen-bond acceptors (Lipinski definition) is 2. The molecule has 0 unspecified atom stereocenters. The van der Waals surface area contributed by atoms with E-state index >= 15 is 0 Å². The zero-order valence-corrected chi connectivity index (χ0v) is 6.41. The number of carbonyl (C=O) groups excluding carboxylic acids is 1. The first-order valence-corrected chi connectivity index (χ1v) is 2.54. The van der Waals surface area contributed by atoms with Crippen LogP contribution in [0.2, 0.25) is 0 Å². The van der Waals surface area contributed by atoms with E-state index in [-0.39, 0.29) is 18.6 Å². The summed E-state index contributed by atoms with van der Waals surface area (Å²) in [6, 6.07) is 0. The van der Waals surface area contributed by atoms with Gasteiger partial charge >= 0.3 is 0 Å². The van der Waals surface area contributed by atoms with Crippen molar-refractivity contribution in [3.63, 3.8) is 0 Å². The molecule has 1 aliphatic rings. The molecule has 0 aromatic carbocycles. The quantitative estimate of drug-likeness (QED) is 0.559. The lowest BCUT2D eigenvalue weighted by molar-refractivity contribution is -0.126. The molecule has 4 heteroatoms. The molecule has 1 amide bonds. The van der Waals surface area contributed by atoms with E-state index in [0.29, 0.717) is 5.91 Å². The minimum absolute atomic E-state index is 0. The first-order valence-electron chi connectivity index (χ1n) is 2.54. The van der Waals surface area contributed by atoms with Crippen LogP contribution in [0.5, 0.6) is 0 Å². The fraction of sp³-hybridized carbons (Fsp3) is 0.800. The third-order valence-corrected chi connectivity index (χ3v) is 1.31. The van der Waals surface area contributed by atoms with Crippen LogP contribution in [0.1, 0.15) is 12.8 Å². The number of carbonyl (C=O) groups is 1. The van der Waals surface area contributed by atoms with Crippen LogP contribution in [0.4, 0.5) is 0 Å². The average Bonchev–Trinajstić information content (AvgIpc) is 1.91. The Morgan fingerprint density at radius 2 is 2.11 bits per heavy atom. The summed E-state index contributed by atoms with van der Waals surface area (Å²) in [6.45, 7) is 0.957. The van der Waals surface area contributed by atoms with Crippen molar-refractivity contribution in [1.29, 1.82) is 0 Å². The minimum Gasteiger partial charge on any atom is -0.346 e. The van der Waals surface area contributed by atoms with Gasteiger partial charge in [0.15, 0.2) is 0 Å². The summed E-state index contributed by atoms with van der Waals surface area (Å²) in [5, 5.41) is 0. The molecule has 0 spiro atoms. The fourth-order valence-corrected chi connectivity index (χ4v) is 0.783. The first kappa shape index (κ1) is 11.5. The van der Waals surface area contributed by atoms with Crippen LogP contribution in [-0.4, -0.2) is 24.4 Å². The monoisotopic (exact) mass is 152 g/mol. The van der Waals surface area contributed by atoms with Gasteiger partial charge in [0.25, 0.3) is 0 Å². The Labute approximate surface area is 61.4 Å². The topological polar surface area (TPSA) is 55.3 Å². The maximum Gasteiger partial charge on any atom is 0.222 e. The summed E-state index contributed by atoms with van der Waals surface area (Å²) < 4.78 is 0. The van der Waals surface area contributed by atoms with E-state index < -0.39 is 0 Å². The summed E-state index contributed by atoms with van der Waals surface area (Å²) in [4.78, 5) is 12.3. The molecule has 1 rings (SSSR count).